The molecule has 0 radical (unpaired) electrons. The number of halogens is 3. The van der Waals surface area contributed by atoms with Crippen molar-refractivity contribution in [1.82, 2.24) is 0 Å². The van der Waals surface area contributed by atoms with Crippen LogP contribution in [0.3, 0.4) is 0 Å². The van der Waals surface area contributed by atoms with Gasteiger partial charge in [0.15, 0.2) is 23.2 Å². The van der Waals surface area contributed by atoms with Gasteiger partial charge in [0.25, 0.3) is 0 Å². The maximum atomic E-state index is 14.8. The SMILES string of the molecule is C/C=C/c1ccc(-c2ccc(/C=C/c3ccc(-c4ccc(OCC)c(F)c4)cc3)c(F)c2F)cc1. The highest BCUT2D eigenvalue weighted by molar-refractivity contribution is 5.75. The number of hydrogen-bond acceptors (Lipinski definition) is 1. The normalized spacial score (nSPS) is 11.5. The summed E-state index contributed by atoms with van der Waals surface area (Å²) in [5.41, 5.74) is 4.37. The maximum Gasteiger partial charge on any atom is 0.167 e. The van der Waals surface area contributed by atoms with Gasteiger partial charge in [0.1, 0.15) is 0 Å². The van der Waals surface area contributed by atoms with Gasteiger partial charge in [-0.25, -0.2) is 13.2 Å². The Morgan fingerprint density at radius 3 is 1.91 bits per heavy atom. The van der Waals surface area contributed by atoms with E-state index in [4.69, 9.17) is 4.74 Å². The minimum atomic E-state index is -0.891. The van der Waals surface area contributed by atoms with Crippen LogP contribution in [0.4, 0.5) is 13.2 Å². The van der Waals surface area contributed by atoms with Gasteiger partial charge < -0.3 is 4.74 Å². The van der Waals surface area contributed by atoms with Crippen LogP contribution in [-0.4, -0.2) is 6.61 Å². The standard InChI is InChI=1S/C31H25F3O/c1-3-5-21-8-13-24(14-9-21)27-18-16-25(30(33)31(27)34)15-10-22-6-11-23(12-7-22)26-17-19-29(35-4-2)28(32)20-26/h3,5-20H,4H2,1-2H3/b5-3+,15-10+. The Bertz CT molecular complexity index is 1370. The molecule has 0 aromatic heterocycles. The van der Waals surface area contributed by atoms with Gasteiger partial charge in [-0.2, -0.15) is 0 Å². The van der Waals surface area contributed by atoms with Crippen LogP contribution in [0.2, 0.25) is 0 Å². The predicted molar refractivity (Wildman–Crippen MR) is 138 cm³/mol. The van der Waals surface area contributed by atoms with Gasteiger partial charge in [-0.05, 0) is 53.8 Å². The highest BCUT2D eigenvalue weighted by Gasteiger charge is 2.13. The minimum Gasteiger partial charge on any atom is -0.491 e. The van der Waals surface area contributed by atoms with E-state index in [9.17, 15) is 13.2 Å². The third-order valence-electron chi connectivity index (χ3n) is 5.62. The summed E-state index contributed by atoms with van der Waals surface area (Å²) in [4.78, 5) is 0. The topological polar surface area (TPSA) is 9.23 Å². The Morgan fingerprint density at radius 1 is 0.657 bits per heavy atom. The summed E-state index contributed by atoms with van der Waals surface area (Å²) in [6.07, 6.45) is 7.12. The molecule has 0 bridgehead atoms. The monoisotopic (exact) mass is 470 g/mol. The summed E-state index contributed by atoms with van der Waals surface area (Å²) in [5, 5.41) is 0. The molecule has 0 atom stereocenters. The average Bonchev–Trinajstić information content (AvgIpc) is 2.87. The van der Waals surface area contributed by atoms with E-state index in [1.807, 2.05) is 55.5 Å². The van der Waals surface area contributed by atoms with Crippen LogP contribution in [0.5, 0.6) is 5.75 Å². The smallest absolute Gasteiger partial charge is 0.167 e. The first-order valence-corrected chi connectivity index (χ1v) is 11.4. The molecular formula is C31H25F3O. The third kappa shape index (κ3) is 5.55. The van der Waals surface area contributed by atoms with Gasteiger partial charge in [0.2, 0.25) is 0 Å². The van der Waals surface area contributed by atoms with Crippen LogP contribution >= 0.6 is 0 Å². The molecule has 0 saturated carbocycles. The molecule has 4 aromatic carbocycles. The zero-order chi connectivity index (χ0) is 24.8. The number of allylic oxidation sites excluding steroid dienone is 1. The van der Waals surface area contributed by atoms with E-state index in [-0.39, 0.29) is 16.9 Å². The first kappa shape index (κ1) is 24.1. The second-order valence-corrected chi connectivity index (χ2v) is 7.99. The average molecular weight is 471 g/mol. The molecule has 35 heavy (non-hydrogen) atoms. The van der Waals surface area contributed by atoms with Crippen LogP contribution in [0.1, 0.15) is 30.5 Å². The molecular weight excluding hydrogens is 445 g/mol. The zero-order valence-electron chi connectivity index (χ0n) is 19.6. The second kappa shape index (κ2) is 10.9. The van der Waals surface area contributed by atoms with Crippen molar-refractivity contribution in [1.29, 1.82) is 0 Å². The Kier molecular flexibility index (Phi) is 7.51. The second-order valence-electron chi connectivity index (χ2n) is 7.99. The predicted octanol–water partition coefficient (Wildman–Crippen LogP) is 9.04. The number of rotatable bonds is 7. The molecule has 0 N–H and O–H groups in total. The lowest BCUT2D eigenvalue weighted by molar-refractivity contribution is 0.321. The van der Waals surface area contributed by atoms with Crippen molar-refractivity contribution < 1.29 is 17.9 Å². The molecule has 176 valence electrons. The Hall–Kier alpha value is -4.05. The summed E-state index contributed by atoms with van der Waals surface area (Å²) in [6.45, 7) is 4.12. The van der Waals surface area contributed by atoms with Gasteiger partial charge in [0, 0.05) is 11.1 Å². The van der Waals surface area contributed by atoms with E-state index in [0.717, 1.165) is 22.3 Å². The first-order chi connectivity index (χ1) is 17.0. The molecule has 0 aliphatic carbocycles. The molecule has 1 nitrogen and oxygen atoms in total. The van der Waals surface area contributed by atoms with Gasteiger partial charge in [-0.1, -0.05) is 91.0 Å². The lowest BCUT2D eigenvalue weighted by atomic mass is 10.00. The molecule has 0 aliphatic rings. The van der Waals surface area contributed by atoms with Gasteiger partial charge in [0.05, 0.1) is 6.61 Å². The van der Waals surface area contributed by atoms with E-state index >= 15 is 0 Å². The van der Waals surface area contributed by atoms with Crippen LogP contribution in [-0.2, 0) is 0 Å². The molecule has 0 fully saturated rings. The molecule has 0 saturated heterocycles. The van der Waals surface area contributed by atoms with Crippen molar-refractivity contribution in [3.05, 3.63) is 119 Å². The molecule has 0 spiro atoms. The van der Waals surface area contributed by atoms with Crippen molar-refractivity contribution in [2.45, 2.75) is 13.8 Å². The Labute approximate surface area is 203 Å². The largest absolute Gasteiger partial charge is 0.491 e. The molecule has 4 heteroatoms. The highest BCUT2D eigenvalue weighted by Crippen LogP contribution is 2.29. The van der Waals surface area contributed by atoms with E-state index in [1.165, 1.54) is 6.07 Å². The van der Waals surface area contributed by atoms with Crippen LogP contribution in [0.25, 0.3) is 40.5 Å². The van der Waals surface area contributed by atoms with Gasteiger partial charge >= 0.3 is 0 Å². The molecule has 4 aromatic rings. The van der Waals surface area contributed by atoms with Crippen LogP contribution in [0, 0.1) is 17.5 Å². The van der Waals surface area contributed by atoms with Crippen molar-refractivity contribution in [2.75, 3.05) is 6.61 Å². The summed E-state index contributed by atoms with van der Waals surface area (Å²) in [5.74, 6) is -1.96. The van der Waals surface area contributed by atoms with Crippen LogP contribution in [0.15, 0.2) is 84.9 Å². The lowest BCUT2D eigenvalue weighted by Crippen LogP contribution is -1.94. The maximum absolute atomic E-state index is 14.8. The van der Waals surface area contributed by atoms with Gasteiger partial charge in [-0.15, -0.1) is 0 Å². The van der Waals surface area contributed by atoms with Crippen LogP contribution < -0.4 is 4.74 Å². The molecule has 4 rings (SSSR count). The van der Waals surface area contributed by atoms with E-state index < -0.39 is 17.5 Å². The summed E-state index contributed by atoms with van der Waals surface area (Å²) >= 11 is 0. The Balaban J connectivity index is 1.52. The summed E-state index contributed by atoms with van der Waals surface area (Å²) in [7, 11) is 0. The third-order valence-corrected chi connectivity index (χ3v) is 5.62. The quantitative estimate of drug-likeness (QED) is 0.245. The zero-order valence-corrected chi connectivity index (χ0v) is 19.6. The van der Waals surface area contributed by atoms with E-state index in [1.54, 1.807) is 55.5 Å². The Morgan fingerprint density at radius 2 is 1.29 bits per heavy atom. The fraction of sp³-hybridized carbons (Fsp3) is 0.0968. The van der Waals surface area contributed by atoms with Crippen molar-refractivity contribution >= 4 is 18.2 Å². The first-order valence-electron chi connectivity index (χ1n) is 11.4. The fourth-order valence-electron chi connectivity index (χ4n) is 3.81. The van der Waals surface area contributed by atoms with E-state index in [0.29, 0.717) is 12.2 Å². The van der Waals surface area contributed by atoms with Crippen molar-refractivity contribution in [3.8, 4) is 28.0 Å². The lowest BCUT2D eigenvalue weighted by Gasteiger charge is -2.08. The van der Waals surface area contributed by atoms with E-state index in [2.05, 4.69) is 0 Å². The number of hydrogen-bond donors (Lipinski definition) is 0. The fourth-order valence-corrected chi connectivity index (χ4v) is 3.81. The molecule has 0 amide bonds. The molecule has 0 heterocycles. The van der Waals surface area contributed by atoms with Gasteiger partial charge in [-0.3, -0.25) is 0 Å². The summed E-state index contributed by atoms with van der Waals surface area (Å²) in [6, 6.07) is 22.7. The number of benzene rings is 4. The highest BCUT2D eigenvalue weighted by atomic mass is 19.2. The minimum absolute atomic E-state index is 0.162. The van der Waals surface area contributed by atoms with Crippen molar-refractivity contribution in [3.63, 3.8) is 0 Å². The number of ether oxygens (including phenoxy) is 1. The molecule has 0 unspecified atom stereocenters. The molecule has 0 aliphatic heterocycles. The summed E-state index contributed by atoms with van der Waals surface area (Å²) < 4.78 is 49.0. The van der Waals surface area contributed by atoms with Crippen molar-refractivity contribution in [2.24, 2.45) is 0 Å².